The van der Waals surface area contributed by atoms with Crippen molar-refractivity contribution in [3.63, 3.8) is 0 Å². The molecule has 0 unspecified atom stereocenters. The van der Waals surface area contributed by atoms with Crippen molar-refractivity contribution in [1.82, 2.24) is 4.90 Å². The summed E-state index contributed by atoms with van der Waals surface area (Å²) in [4.78, 5) is 39.6. The summed E-state index contributed by atoms with van der Waals surface area (Å²) in [6, 6.07) is 0. The van der Waals surface area contributed by atoms with E-state index in [1.807, 2.05) is 14.1 Å². The normalized spacial score (nSPS) is 11.7. The van der Waals surface area contributed by atoms with Crippen LogP contribution in [0.1, 0.15) is 194 Å². The van der Waals surface area contributed by atoms with Crippen LogP contribution in [0.4, 0.5) is 0 Å². The van der Waals surface area contributed by atoms with Crippen LogP contribution in [-0.2, 0) is 23.9 Å². The average molecular weight is 844 g/mol. The molecule has 324 valence electrons. The first-order valence-corrected chi connectivity index (χ1v) is 22.6. The fraction of sp³-hybridized carbons (Fsp3) is 0.848. The van der Waals surface area contributed by atoms with Crippen LogP contribution < -0.4 is 17.0 Å². The summed E-state index contributed by atoms with van der Waals surface area (Å²) < 4.78 is 11.3. The third-order valence-corrected chi connectivity index (χ3v) is 10.2. The fourth-order valence-electron chi connectivity index (χ4n) is 6.54. The fourth-order valence-corrected chi connectivity index (χ4v) is 6.54. The van der Waals surface area contributed by atoms with Crippen molar-refractivity contribution in [3.05, 3.63) is 24.3 Å². The monoisotopic (exact) mass is 843 g/mol. The Morgan fingerprint density at radius 1 is 0.527 bits per heavy atom. The van der Waals surface area contributed by atoms with Gasteiger partial charge < -0.3 is 40.9 Å². The van der Waals surface area contributed by atoms with Gasteiger partial charge in [-0.3, -0.25) is 14.4 Å². The number of quaternary nitrogens is 1. The molecule has 0 aliphatic rings. The number of halogens is 1. The SMILES string of the molecule is CCCCCCCC/C=C\CCCCCCCC(=O)OCCN(CCOC(=O)CCCCCCC/C=C\CCCCCCCC)C(=O)C[N+](C)(C)CCO.[Br-]. The van der Waals surface area contributed by atoms with Crippen molar-refractivity contribution < 1.29 is 50.4 Å². The zero-order valence-corrected chi connectivity index (χ0v) is 37.9. The molecule has 0 rings (SSSR count). The van der Waals surface area contributed by atoms with E-state index in [-0.39, 0.29) is 74.3 Å². The molecule has 0 saturated heterocycles. The molecular weight excluding hydrogens is 756 g/mol. The van der Waals surface area contributed by atoms with E-state index >= 15 is 0 Å². The zero-order chi connectivity index (χ0) is 39.8. The van der Waals surface area contributed by atoms with E-state index in [1.165, 1.54) is 116 Å². The number of hydrogen-bond acceptors (Lipinski definition) is 6. The highest BCUT2D eigenvalue weighted by Gasteiger charge is 2.24. The Morgan fingerprint density at radius 3 is 1.20 bits per heavy atom. The number of aliphatic hydroxyl groups excluding tert-OH is 1. The summed E-state index contributed by atoms with van der Waals surface area (Å²) in [6.45, 7) is 5.90. The quantitative estimate of drug-likeness (QED) is 0.0291. The molecular formula is C46H87BrN2O6. The van der Waals surface area contributed by atoms with Gasteiger partial charge in [0.1, 0.15) is 19.8 Å². The molecule has 0 radical (unpaired) electrons. The van der Waals surface area contributed by atoms with Gasteiger partial charge in [-0.05, 0) is 64.2 Å². The minimum Gasteiger partial charge on any atom is -1.00 e. The van der Waals surface area contributed by atoms with Gasteiger partial charge >= 0.3 is 11.9 Å². The van der Waals surface area contributed by atoms with Gasteiger partial charge in [-0.25, -0.2) is 0 Å². The number of hydrogen-bond donors (Lipinski definition) is 1. The first kappa shape index (κ1) is 55.4. The zero-order valence-electron chi connectivity index (χ0n) is 36.3. The second kappa shape index (κ2) is 41.9. The Kier molecular flexibility index (Phi) is 42.2. The van der Waals surface area contributed by atoms with E-state index in [4.69, 9.17) is 9.47 Å². The molecule has 55 heavy (non-hydrogen) atoms. The number of nitrogens with zero attached hydrogens (tertiary/aromatic N) is 2. The second-order valence-electron chi connectivity index (χ2n) is 16.0. The first-order valence-electron chi connectivity index (χ1n) is 22.6. The van der Waals surface area contributed by atoms with Crippen molar-refractivity contribution in [2.45, 2.75) is 194 Å². The molecule has 0 saturated carbocycles. The molecule has 0 aromatic heterocycles. The van der Waals surface area contributed by atoms with Crippen LogP contribution >= 0.6 is 0 Å². The van der Waals surface area contributed by atoms with Crippen molar-refractivity contribution in [3.8, 4) is 0 Å². The summed E-state index contributed by atoms with van der Waals surface area (Å²) in [6.07, 6.45) is 41.6. The highest BCUT2D eigenvalue weighted by atomic mass is 79.9. The Morgan fingerprint density at radius 2 is 0.855 bits per heavy atom. The summed E-state index contributed by atoms with van der Waals surface area (Å²) in [5.74, 6) is -0.583. The highest BCUT2D eigenvalue weighted by molar-refractivity contribution is 5.77. The molecule has 0 bridgehead atoms. The maximum atomic E-state index is 13.2. The van der Waals surface area contributed by atoms with Crippen LogP contribution in [0.5, 0.6) is 0 Å². The Bertz CT molecular complexity index is 883. The number of allylic oxidation sites excluding steroid dienone is 4. The van der Waals surface area contributed by atoms with Gasteiger partial charge in [0.25, 0.3) is 5.91 Å². The third-order valence-electron chi connectivity index (χ3n) is 10.2. The van der Waals surface area contributed by atoms with Crippen molar-refractivity contribution in [2.75, 3.05) is 60.1 Å². The first-order chi connectivity index (χ1) is 26.3. The summed E-state index contributed by atoms with van der Waals surface area (Å²) in [7, 11) is 3.79. The van der Waals surface area contributed by atoms with Crippen molar-refractivity contribution in [2.24, 2.45) is 0 Å². The molecule has 0 aromatic carbocycles. The molecule has 1 amide bonds. The number of amides is 1. The number of rotatable bonds is 40. The molecule has 0 aliphatic carbocycles. The van der Waals surface area contributed by atoms with E-state index in [9.17, 15) is 19.5 Å². The number of aliphatic hydroxyl groups is 1. The van der Waals surface area contributed by atoms with Crippen LogP contribution in [0.3, 0.4) is 0 Å². The number of carbonyl (C=O) groups excluding carboxylic acids is 3. The molecule has 9 heteroatoms. The molecule has 0 spiro atoms. The number of unbranched alkanes of at least 4 members (excludes halogenated alkanes) is 22. The van der Waals surface area contributed by atoms with E-state index in [0.717, 1.165) is 51.4 Å². The molecule has 1 N–H and O–H groups in total. The molecule has 0 aliphatic heterocycles. The number of carbonyl (C=O) groups is 3. The smallest absolute Gasteiger partial charge is 0.305 e. The third kappa shape index (κ3) is 40.3. The summed E-state index contributed by atoms with van der Waals surface area (Å²) in [5, 5.41) is 9.41. The van der Waals surface area contributed by atoms with E-state index in [0.29, 0.717) is 23.9 Å². The molecule has 0 atom stereocenters. The molecule has 0 fully saturated rings. The topological polar surface area (TPSA) is 93.1 Å². The maximum absolute atomic E-state index is 13.2. The Labute approximate surface area is 350 Å². The molecule has 0 aromatic rings. The summed E-state index contributed by atoms with van der Waals surface area (Å²) >= 11 is 0. The number of esters is 2. The lowest BCUT2D eigenvalue weighted by atomic mass is 10.1. The van der Waals surface area contributed by atoms with Crippen LogP contribution in [0.15, 0.2) is 24.3 Å². The average Bonchev–Trinajstić information content (AvgIpc) is 3.13. The van der Waals surface area contributed by atoms with Crippen molar-refractivity contribution >= 4 is 17.8 Å². The minimum absolute atomic E-state index is 0. The number of ether oxygens (including phenoxy) is 2. The minimum atomic E-state index is -0.234. The van der Waals surface area contributed by atoms with Gasteiger partial charge in [0, 0.05) is 12.8 Å². The van der Waals surface area contributed by atoms with E-state index < -0.39 is 0 Å². The number of likely N-dealkylation sites (N-methyl/N-ethyl adjacent to an activating group) is 1. The predicted octanol–water partition coefficient (Wildman–Crippen LogP) is 8.05. The predicted molar refractivity (Wildman–Crippen MR) is 226 cm³/mol. The maximum Gasteiger partial charge on any atom is 0.305 e. The van der Waals surface area contributed by atoms with Crippen LogP contribution in [0.2, 0.25) is 0 Å². The van der Waals surface area contributed by atoms with Gasteiger partial charge in [0.05, 0.1) is 33.8 Å². The van der Waals surface area contributed by atoms with Gasteiger partial charge in [0.15, 0.2) is 6.54 Å². The second-order valence-corrected chi connectivity index (χ2v) is 16.0. The standard InChI is InChI=1S/C46H87N2O6.BrH/c1-5-7-9-11-13-15-17-19-21-23-25-27-29-31-33-35-45(51)53-41-37-47(44(50)43-48(3,4)39-40-49)38-42-54-46(52)36-34-32-30-28-26-24-22-20-18-16-14-12-10-8-6-2;/h19-22,49H,5-18,23-43H2,1-4H3;1H/q+1;/p-1/b21-19-,22-20-;. The van der Waals surface area contributed by atoms with Crippen molar-refractivity contribution in [1.29, 1.82) is 0 Å². The van der Waals surface area contributed by atoms with Crippen LogP contribution in [0, 0.1) is 0 Å². The lowest BCUT2D eigenvalue weighted by molar-refractivity contribution is -0.883. The van der Waals surface area contributed by atoms with Gasteiger partial charge in [-0.1, -0.05) is 141 Å². The highest BCUT2D eigenvalue weighted by Crippen LogP contribution is 2.12. The largest absolute Gasteiger partial charge is 1.00 e. The van der Waals surface area contributed by atoms with Crippen LogP contribution in [-0.4, -0.2) is 92.4 Å². The van der Waals surface area contributed by atoms with Gasteiger partial charge in [-0.15, -0.1) is 0 Å². The lowest BCUT2D eigenvalue weighted by Gasteiger charge is -2.31. The van der Waals surface area contributed by atoms with E-state index in [1.54, 1.807) is 4.90 Å². The van der Waals surface area contributed by atoms with Crippen LogP contribution in [0.25, 0.3) is 0 Å². The van der Waals surface area contributed by atoms with Gasteiger partial charge in [-0.2, -0.15) is 0 Å². The molecule has 0 heterocycles. The van der Waals surface area contributed by atoms with E-state index in [2.05, 4.69) is 38.2 Å². The molecule has 8 nitrogen and oxygen atoms in total. The summed E-state index contributed by atoms with van der Waals surface area (Å²) in [5.41, 5.74) is 0. The van der Waals surface area contributed by atoms with Gasteiger partial charge in [0.2, 0.25) is 0 Å². The lowest BCUT2D eigenvalue weighted by Crippen LogP contribution is -3.00. The Hall–Kier alpha value is -1.71. The Balaban J connectivity index is 0.